The van der Waals surface area contributed by atoms with E-state index in [0.717, 1.165) is 11.1 Å². The van der Waals surface area contributed by atoms with Crippen LogP contribution in [-0.4, -0.2) is 11.1 Å². The Bertz CT molecular complexity index is 1250. The van der Waals surface area contributed by atoms with Crippen LogP contribution in [0.15, 0.2) is 84.9 Å². The molecule has 0 atom stereocenters. The maximum absolute atomic E-state index is 12.2. The van der Waals surface area contributed by atoms with Gasteiger partial charge in [-0.1, -0.05) is 78.9 Å². The van der Waals surface area contributed by atoms with Crippen molar-refractivity contribution in [1.29, 1.82) is 0 Å². The summed E-state index contributed by atoms with van der Waals surface area (Å²) in [5.41, 5.74) is 2.77. The number of carboxylic acids is 1. The third kappa shape index (κ3) is 3.18. The standard InChI is InChI=1S/C23H15IO4/c25-23(26)21-18-13-7-12-17(15-8-3-1-4-9-15)20(18)14-19(22(21)24(27)28)16-10-5-2-6-11-16/h1-14H,(H,25,26). The van der Waals surface area contributed by atoms with Crippen LogP contribution in [-0.2, 0) is 6.14 Å². The number of aromatic carboxylic acids is 1. The van der Waals surface area contributed by atoms with Gasteiger partial charge in [0.05, 0.1) is 9.13 Å². The highest BCUT2D eigenvalue weighted by atomic mass is 127. The SMILES string of the molecule is O=C(O)c1c(I(=O)=O)c(-c2ccccc2)cc2c(-c3ccccc3)cccc12. The fourth-order valence-corrected chi connectivity index (χ4v) is 5.37. The van der Waals surface area contributed by atoms with Gasteiger partial charge < -0.3 is 5.11 Å². The fourth-order valence-electron chi connectivity index (χ4n) is 3.47. The summed E-state index contributed by atoms with van der Waals surface area (Å²) < 4.78 is 24.3. The van der Waals surface area contributed by atoms with Crippen LogP contribution in [0.5, 0.6) is 0 Å². The van der Waals surface area contributed by atoms with Crippen molar-refractivity contribution in [2.75, 3.05) is 0 Å². The van der Waals surface area contributed by atoms with Gasteiger partial charge in [-0.2, -0.15) is 0 Å². The summed E-state index contributed by atoms with van der Waals surface area (Å²) in [4.78, 5) is 12.1. The third-order valence-corrected chi connectivity index (χ3v) is 6.66. The van der Waals surface area contributed by atoms with Gasteiger partial charge in [0.25, 0.3) is 0 Å². The van der Waals surface area contributed by atoms with Crippen LogP contribution in [0.2, 0.25) is 0 Å². The van der Waals surface area contributed by atoms with Crippen molar-refractivity contribution in [3.8, 4) is 22.3 Å². The Morgan fingerprint density at radius 2 is 1.25 bits per heavy atom. The molecule has 4 nitrogen and oxygen atoms in total. The molecule has 0 heterocycles. The van der Waals surface area contributed by atoms with Crippen molar-refractivity contribution in [3.05, 3.63) is 94.1 Å². The molecule has 5 heteroatoms. The molecule has 0 saturated carbocycles. The molecule has 0 bridgehead atoms. The maximum atomic E-state index is 12.2. The molecule has 4 aromatic carbocycles. The first-order chi connectivity index (χ1) is 13.6. The minimum atomic E-state index is -4.10. The monoisotopic (exact) mass is 482 g/mol. The molecule has 138 valence electrons. The Morgan fingerprint density at radius 3 is 1.79 bits per heavy atom. The van der Waals surface area contributed by atoms with E-state index in [1.54, 1.807) is 42.5 Å². The third-order valence-electron chi connectivity index (χ3n) is 4.66. The van der Waals surface area contributed by atoms with Gasteiger partial charge in [0.2, 0.25) is 0 Å². The van der Waals surface area contributed by atoms with Crippen LogP contribution in [0.25, 0.3) is 33.0 Å². The molecular formula is C23H15IO4. The Morgan fingerprint density at radius 1 is 0.679 bits per heavy atom. The van der Waals surface area contributed by atoms with Gasteiger partial charge in [-0.3, -0.25) is 0 Å². The normalized spacial score (nSPS) is 11.0. The topological polar surface area (TPSA) is 71.4 Å². The first-order valence-electron chi connectivity index (χ1n) is 8.57. The molecule has 0 radical (unpaired) electrons. The van der Waals surface area contributed by atoms with E-state index in [1.807, 2.05) is 42.5 Å². The number of halogens is 1. The van der Waals surface area contributed by atoms with Crippen molar-refractivity contribution in [2.45, 2.75) is 0 Å². The van der Waals surface area contributed by atoms with Crippen molar-refractivity contribution < 1.29 is 16.0 Å². The molecule has 28 heavy (non-hydrogen) atoms. The quantitative estimate of drug-likeness (QED) is 0.350. The Kier molecular flexibility index (Phi) is 4.92. The number of carbonyl (C=O) groups is 1. The van der Waals surface area contributed by atoms with Crippen LogP contribution in [0.4, 0.5) is 0 Å². The number of rotatable bonds is 4. The van der Waals surface area contributed by atoms with Crippen molar-refractivity contribution in [1.82, 2.24) is 0 Å². The molecule has 0 aliphatic rings. The Labute approximate surface area is 168 Å². The van der Waals surface area contributed by atoms with E-state index in [2.05, 4.69) is 0 Å². The van der Waals surface area contributed by atoms with E-state index in [1.165, 1.54) is 0 Å². The van der Waals surface area contributed by atoms with Gasteiger partial charge >= 0.3 is 25.8 Å². The van der Waals surface area contributed by atoms with E-state index in [-0.39, 0.29) is 9.13 Å². The zero-order chi connectivity index (χ0) is 19.7. The summed E-state index contributed by atoms with van der Waals surface area (Å²) >= 11 is -4.10. The second-order valence-corrected chi connectivity index (χ2v) is 8.59. The highest BCUT2D eigenvalue weighted by molar-refractivity contribution is 14.2. The largest absolute Gasteiger partial charge is 0.478 e. The molecule has 4 rings (SSSR count). The second kappa shape index (κ2) is 7.52. The number of carboxylic acid groups (broad SMARTS) is 1. The zero-order valence-electron chi connectivity index (χ0n) is 14.6. The van der Waals surface area contributed by atoms with Gasteiger partial charge in [-0.25, -0.2) is 10.9 Å². The molecular weight excluding hydrogens is 467 g/mol. The predicted molar refractivity (Wildman–Crippen MR) is 116 cm³/mol. The van der Waals surface area contributed by atoms with Crippen LogP contribution in [0, 0.1) is 3.57 Å². The number of benzene rings is 4. The number of hydrogen-bond acceptors (Lipinski definition) is 3. The summed E-state index contributed by atoms with van der Waals surface area (Å²) in [5.74, 6) is -1.24. The molecule has 0 unspecified atom stereocenters. The molecule has 0 fully saturated rings. The van der Waals surface area contributed by atoms with E-state index in [9.17, 15) is 16.0 Å². The van der Waals surface area contributed by atoms with Crippen molar-refractivity contribution >= 4 is 36.5 Å². The van der Waals surface area contributed by atoms with E-state index in [0.29, 0.717) is 21.9 Å². The lowest BCUT2D eigenvalue weighted by Crippen LogP contribution is -2.04. The minimum Gasteiger partial charge on any atom is -0.478 e. The summed E-state index contributed by atoms with van der Waals surface area (Å²) in [6, 6.07) is 25.8. The summed E-state index contributed by atoms with van der Waals surface area (Å²) in [5, 5.41) is 11.0. The lowest BCUT2D eigenvalue weighted by molar-refractivity contribution is 0.0698. The van der Waals surface area contributed by atoms with Crippen LogP contribution >= 0.6 is 19.8 Å². The minimum absolute atomic E-state index is 0.0689. The average molecular weight is 482 g/mol. The number of fused-ring (bicyclic) bond motifs is 1. The first kappa shape index (κ1) is 18.3. The molecule has 0 aliphatic carbocycles. The molecule has 0 amide bonds. The highest BCUT2D eigenvalue weighted by Gasteiger charge is 2.24. The summed E-state index contributed by atoms with van der Waals surface area (Å²) in [6.45, 7) is 0. The van der Waals surface area contributed by atoms with Gasteiger partial charge in [0.15, 0.2) is 0 Å². The second-order valence-electron chi connectivity index (χ2n) is 6.27. The Hall–Kier alpha value is -3.06. The van der Waals surface area contributed by atoms with Crippen molar-refractivity contribution in [2.24, 2.45) is 0 Å². The first-order valence-corrected chi connectivity index (χ1v) is 11.4. The summed E-state index contributed by atoms with van der Waals surface area (Å²) in [6.07, 6.45) is 0. The van der Waals surface area contributed by atoms with E-state index < -0.39 is 25.8 Å². The van der Waals surface area contributed by atoms with Crippen LogP contribution in [0.1, 0.15) is 10.4 Å². The van der Waals surface area contributed by atoms with E-state index in [4.69, 9.17) is 0 Å². The smallest absolute Gasteiger partial charge is 0.342 e. The molecule has 0 aliphatic heterocycles. The van der Waals surface area contributed by atoms with E-state index >= 15 is 0 Å². The molecule has 0 spiro atoms. The lowest BCUT2D eigenvalue weighted by Gasteiger charge is -2.14. The lowest BCUT2D eigenvalue weighted by atomic mass is 9.92. The predicted octanol–water partition coefficient (Wildman–Crippen LogP) is 6.24. The van der Waals surface area contributed by atoms with Gasteiger partial charge in [-0.05, 0) is 33.5 Å². The van der Waals surface area contributed by atoms with Crippen LogP contribution in [0.3, 0.4) is 0 Å². The molecule has 0 aromatic heterocycles. The average Bonchev–Trinajstić information content (AvgIpc) is 2.72. The Balaban J connectivity index is 2.20. The molecule has 4 aromatic rings. The zero-order valence-corrected chi connectivity index (χ0v) is 16.8. The highest BCUT2D eigenvalue weighted by Crippen LogP contribution is 2.41. The van der Waals surface area contributed by atoms with Crippen molar-refractivity contribution in [3.63, 3.8) is 0 Å². The molecule has 1 N–H and O–H groups in total. The summed E-state index contributed by atoms with van der Waals surface area (Å²) in [7, 11) is 0. The maximum Gasteiger partial charge on any atom is 0.342 e. The van der Waals surface area contributed by atoms with Gasteiger partial charge in [0.1, 0.15) is 0 Å². The molecule has 0 saturated heterocycles. The van der Waals surface area contributed by atoms with Crippen LogP contribution < -0.4 is 0 Å². The fraction of sp³-hybridized carbons (Fsp3) is 0. The van der Waals surface area contributed by atoms with Gasteiger partial charge in [-0.15, -0.1) is 0 Å². The van der Waals surface area contributed by atoms with Gasteiger partial charge in [0, 0.05) is 5.56 Å². The number of hydrogen-bond donors (Lipinski definition) is 1.